The number of carbonyl (C=O) groups excluding carboxylic acids is 1. The standard InChI is InChI=1S/C22H18N4O5S3/c27-21(16-6-8-18(9-7-16)25-33(28,29)19-4-2-1-3-5-19)24-17-10-12-20(13-11-17)34(30,31)26-22-23-14-15-32-22/h1-15,25H,(H,23,26)(H,24,27). The predicted molar refractivity (Wildman–Crippen MR) is 131 cm³/mol. The van der Waals surface area contributed by atoms with Crippen LogP contribution in [0.1, 0.15) is 10.4 Å². The smallest absolute Gasteiger partial charge is 0.263 e. The van der Waals surface area contributed by atoms with Gasteiger partial charge in [0, 0.05) is 28.5 Å². The highest BCUT2D eigenvalue weighted by atomic mass is 32.2. The van der Waals surface area contributed by atoms with Crippen LogP contribution < -0.4 is 14.8 Å². The summed E-state index contributed by atoms with van der Waals surface area (Å²) < 4.78 is 54.4. The molecule has 9 nitrogen and oxygen atoms in total. The number of anilines is 3. The molecular weight excluding hydrogens is 496 g/mol. The average Bonchev–Trinajstić information content (AvgIpc) is 3.32. The van der Waals surface area contributed by atoms with Crippen molar-refractivity contribution in [2.45, 2.75) is 9.79 Å². The summed E-state index contributed by atoms with van der Waals surface area (Å²) >= 11 is 1.16. The number of sulfonamides is 2. The Labute approximate surface area is 200 Å². The van der Waals surface area contributed by atoms with Crippen LogP contribution in [0.25, 0.3) is 0 Å². The highest BCUT2D eigenvalue weighted by Crippen LogP contribution is 2.21. The molecular formula is C22H18N4O5S3. The van der Waals surface area contributed by atoms with Gasteiger partial charge in [-0.05, 0) is 60.7 Å². The maximum atomic E-state index is 12.5. The number of carbonyl (C=O) groups is 1. The summed E-state index contributed by atoms with van der Waals surface area (Å²) in [4.78, 5) is 16.6. The minimum absolute atomic E-state index is 0.0238. The predicted octanol–water partition coefficient (Wildman–Crippen LogP) is 4.00. The molecule has 0 fully saturated rings. The number of benzene rings is 3. The second-order valence-electron chi connectivity index (χ2n) is 6.92. The number of rotatable bonds is 8. The first kappa shape index (κ1) is 23.4. The molecule has 0 aliphatic heterocycles. The summed E-state index contributed by atoms with van der Waals surface area (Å²) in [5.74, 6) is -0.436. The summed E-state index contributed by atoms with van der Waals surface area (Å²) in [5, 5.41) is 4.58. The topological polar surface area (TPSA) is 134 Å². The molecule has 0 saturated heterocycles. The fourth-order valence-electron chi connectivity index (χ4n) is 2.87. The molecule has 4 rings (SSSR count). The van der Waals surface area contributed by atoms with Gasteiger partial charge in [0.05, 0.1) is 9.79 Å². The highest BCUT2D eigenvalue weighted by Gasteiger charge is 2.16. The van der Waals surface area contributed by atoms with Crippen molar-refractivity contribution in [2.24, 2.45) is 0 Å². The molecule has 1 aromatic heterocycles. The molecule has 3 N–H and O–H groups in total. The SMILES string of the molecule is O=C(Nc1ccc(S(=O)(=O)Nc2nccs2)cc1)c1ccc(NS(=O)(=O)c2ccccc2)cc1. The van der Waals surface area contributed by atoms with E-state index in [1.807, 2.05) is 0 Å². The van der Waals surface area contributed by atoms with Crippen molar-refractivity contribution >= 4 is 53.8 Å². The Balaban J connectivity index is 1.40. The van der Waals surface area contributed by atoms with E-state index >= 15 is 0 Å². The van der Waals surface area contributed by atoms with E-state index in [0.717, 1.165) is 11.3 Å². The first-order chi connectivity index (χ1) is 16.2. The highest BCUT2D eigenvalue weighted by molar-refractivity contribution is 7.93. The normalized spacial score (nSPS) is 11.5. The monoisotopic (exact) mass is 514 g/mol. The van der Waals surface area contributed by atoms with Gasteiger partial charge in [0.2, 0.25) is 0 Å². The first-order valence-corrected chi connectivity index (χ1v) is 13.6. The van der Waals surface area contributed by atoms with Crippen LogP contribution in [0.5, 0.6) is 0 Å². The molecule has 0 aliphatic carbocycles. The lowest BCUT2D eigenvalue weighted by Gasteiger charge is -2.10. The minimum Gasteiger partial charge on any atom is -0.322 e. The Morgan fingerprint density at radius 2 is 1.29 bits per heavy atom. The van der Waals surface area contributed by atoms with Gasteiger partial charge in [0.15, 0.2) is 5.13 Å². The van der Waals surface area contributed by atoms with Crippen LogP contribution in [0, 0.1) is 0 Å². The second kappa shape index (κ2) is 9.63. The van der Waals surface area contributed by atoms with E-state index < -0.39 is 26.0 Å². The molecule has 34 heavy (non-hydrogen) atoms. The molecule has 0 radical (unpaired) electrons. The summed E-state index contributed by atoms with van der Waals surface area (Å²) in [5.41, 5.74) is 1.000. The van der Waals surface area contributed by atoms with E-state index in [9.17, 15) is 21.6 Å². The van der Waals surface area contributed by atoms with Crippen LogP contribution in [0.4, 0.5) is 16.5 Å². The van der Waals surface area contributed by atoms with Crippen LogP contribution in [0.15, 0.2) is 100 Å². The van der Waals surface area contributed by atoms with Crippen molar-refractivity contribution < 1.29 is 21.6 Å². The Bertz CT molecular complexity index is 1490. The fraction of sp³-hybridized carbons (Fsp3) is 0. The van der Waals surface area contributed by atoms with Crippen LogP contribution in [-0.2, 0) is 20.0 Å². The van der Waals surface area contributed by atoms with Gasteiger partial charge in [-0.1, -0.05) is 18.2 Å². The molecule has 4 aromatic rings. The molecule has 174 valence electrons. The number of nitrogens with one attached hydrogen (secondary N) is 3. The number of hydrogen-bond acceptors (Lipinski definition) is 7. The van der Waals surface area contributed by atoms with Gasteiger partial charge in [0.25, 0.3) is 26.0 Å². The molecule has 0 atom stereocenters. The van der Waals surface area contributed by atoms with Crippen molar-refractivity contribution in [3.05, 3.63) is 96.0 Å². The van der Waals surface area contributed by atoms with Gasteiger partial charge in [-0.3, -0.25) is 14.2 Å². The third-order valence-corrected chi connectivity index (χ3v) is 8.10. The Hall–Kier alpha value is -3.74. The minimum atomic E-state index is -3.79. The zero-order valence-electron chi connectivity index (χ0n) is 17.4. The maximum absolute atomic E-state index is 12.5. The molecule has 1 amide bonds. The average molecular weight is 515 g/mol. The van der Waals surface area contributed by atoms with Gasteiger partial charge in [-0.25, -0.2) is 21.8 Å². The number of nitrogens with zero attached hydrogens (tertiary/aromatic N) is 1. The van der Waals surface area contributed by atoms with Crippen molar-refractivity contribution in [1.29, 1.82) is 0 Å². The van der Waals surface area contributed by atoms with Crippen molar-refractivity contribution in [2.75, 3.05) is 14.8 Å². The van der Waals surface area contributed by atoms with Gasteiger partial charge in [-0.2, -0.15) is 0 Å². The van der Waals surface area contributed by atoms with Crippen molar-refractivity contribution in [1.82, 2.24) is 4.98 Å². The molecule has 1 heterocycles. The lowest BCUT2D eigenvalue weighted by Crippen LogP contribution is -2.15. The fourth-order valence-corrected chi connectivity index (χ4v) is 5.74. The van der Waals surface area contributed by atoms with Gasteiger partial charge >= 0.3 is 0 Å². The van der Waals surface area contributed by atoms with E-state index in [1.165, 1.54) is 66.9 Å². The third-order valence-electron chi connectivity index (χ3n) is 4.53. The first-order valence-electron chi connectivity index (χ1n) is 9.75. The van der Waals surface area contributed by atoms with Crippen LogP contribution in [-0.4, -0.2) is 27.7 Å². The second-order valence-corrected chi connectivity index (χ2v) is 11.2. The zero-order valence-corrected chi connectivity index (χ0v) is 19.8. The third kappa shape index (κ3) is 5.60. The van der Waals surface area contributed by atoms with Crippen molar-refractivity contribution in [3.63, 3.8) is 0 Å². The summed E-state index contributed by atoms with van der Waals surface area (Å²) in [6.07, 6.45) is 1.49. The molecule has 12 heteroatoms. The Morgan fingerprint density at radius 1 is 0.706 bits per heavy atom. The molecule has 3 aromatic carbocycles. The number of hydrogen-bond donors (Lipinski definition) is 3. The van der Waals surface area contributed by atoms with E-state index in [-0.39, 0.29) is 14.9 Å². The van der Waals surface area contributed by atoms with Crippen LogP contribution in [0.3, 0.4) is 0 Å². The number of thiazole rings is 1. The van der Waals surface area contributed by atoms with E-state index in [4.69, 9.17) is 0 Å². The van der Waals surface area contributed by atoms with E-state index in [0.29, 0.717) is 16.9 Å². The molecule has 0 bridgehead atoms. The summed E-state index contributed by atoms with van der Waals surface area (Å²) in [7, 11) is -7.53. The molecule has 0 saturated carbocycles. The largest absolute Gasteiger partial charge is 0.322 e. The van der Waals surface area contributed by atoms with Crippen LogP contribution >= 0.6 is 11.3 Å². The molecule has 0 aliphatic rings. The molecule has 0 unspecified atom stereocenters. The van der Waals surface area contributed by atoms with Gasteiger partial charge in [-0.15, -0.1) is 11.3 Å². The van der Waals surface area contributed by atoms with Gasteiger partial charge in [0.1, 0.15) is 0 Å². The Kier molecular flexibility index (Phi) is 6.63. The number of amides is 1. The van der Waals surface area contributed by atoms with E-state index in [2.05, 4.69) is 19.7 Å². The van der Waals surface area contributed by atoms with Crippen molar-refractivity contribution in [3.8, 4) is 0 Å². The summed E-state index contributed by atoms with van der Waals surface area (Å²) in [6.45, 7) is 0. The van der Waals surface area contributed by atoms with Crippen LogP contribution in [0.2, 0.25) is 0 Å². The summed E-state index contributed by atoms with van der Waals surface area (Å²) in [6, 6.07) is 19.5. The number of aromatic nitrogens is 1. The van der Waals surface area contributed by atoms with E-state index in [1.54, 1.807) is 23.6 Å². The quantitative estimate of drug-likeness (QED) is 0.325. The lowest BCUT2D eigenvalue weighted by atomic mass is 10.2. The maximum Gasteiger partial charge on any atom is 0.263 e. The lowest BCUT2D eigenvalue weighted by molar-refractivity contribution is 0.102. The molecule has 0 spiro atoms. The Morgan fingerprint density at radius 3 is 1.91 bits per heavy atom. The van der Waals surface area contributed by atoms with Gasteiger partial charge < -0.3 is 5.32 Å². The zero-order chi connectivity index (χ0) is 24.2.